The van der Waals surface area contributed by atoms with Gasteiger partial charge in [-0.15, -0.1) is 0 Å². The number of hydrogen-bond donors (Lipinski definition) is 2. The van der Waals surface area contributed by atoms with E-state index in [1.807, 2.05) is 0 Å². The summed E-state index contributed by atoms with van der Waals surface area (Å²) in [5.41, 5.74) is 0. The molecule has 0 radical (unpaired) electrons. The van der Waals surface area contributed by atoms with Gasteiger partial charge in [0.2, 0.25) is 0 Å². The van der Waals surface area contributed by atoms with E-state index < -0.39 is 20.4 Å². The molecule has 0 bridgehead atoms. The van der Waals surface area contributed by atoms with Crippen LogP contribution in [0.4, 0.5) is 0 Å². The maximum atomic E-state index is 11.5. The molecule has 0 fully saturated rings. The summed E-state index contributed by atoms with van der Waals surface area (Å²) in [5.74, 6) is -0.728. The first-order valence-electron chi connectivity index (χ1n) is 10.8. The number of aliphatic hydroxyl groups is 1. The Morgan fingerprint density at radius 2 is 1.19 bits per heavy atom. The summed E-state index contributed by atoms with van der Waals surface area (Å²) in [6, 6.07) is 0. The maximum absolute atomic E-state index is 11.5. The molecule has 2 N–H and O–H groups in total. The number of carbonyl (C=O) groups is 1. The molecule has 0 aromatic rings. The fourth-order valence-corrected chi connectivity index (χ4v) is 3.71. The van der Waals surface area contributed by atoms with Crippen LogP contribution in [0, 0.1) is 0 Å². The van der Waals surface area contributed by atoms with Crippen molar-refractivity contribution in [3.63, 3.8) is 0 Å². The molecule has 0 aromatic carbocycles. The quantitative estimate of drug-likeness (QED) is 0.192. The topological polar surface area (TPSA) is 93.1 Å². The van der Waals surface area contributed by atoms with Crippen molar-refractivity contribution in [1.82, 2.24) is 0 Å². The van der Waals surface area contributed by atoms with Crippen LogP contribution >= 0.6 is 7.82 Å². The molecule has 1 atom stereocenters. The van der Waals surface area contributed by atoms with Gasteiger partial charge < -0.3 is 9.63 Å². The summed E-state index contributed by atoms with van der Waals surface area (Å²) < 4.78 is 20.1. The highest BCUT2D eigenvalue weighted by atomic mass is 31.2. The minimum absolute atomic E-state index is 0.116. The predicted molar refractivity (Wildman–Crippen MR) is 109 cm³/mol. The second-order valence-corrected chi connectivity index (χ2v) is 8.57. The van der Waals surface area contributed by atoms with E-state index in [9.17, 15) is 14.3 Å². The van der Waals surface area contributed by atoms with Gasteiger partial charge in [0.1, 0.15) is 0 Å². The van der Waals surface area contributed by atoms with Crippen molar-refractivity contribution in [2.75, 3.05) is 13.2 Å². The lowest BCUT2D eigenvalue weighted by molar-refractivity contribution is -0.136. The Morgan fingerprint density at radius 1 is 0.778 bits per heavy atom. The van der Waals surface area contributed by atoms with E-state index in [2.05, 4.69) is 16.0 Å². The van der Waals surface area contributed by atoms with Crippen LogP contribution in [-0.4, -0.2) is 29.2 Å². The first-order valence-corrected chi connectivity index (χ1v) is 12.3. The van der Waals surface area contributed by atoms with Gasteiger partial charge in [0, 0.05) is 6.42 Å². The zero-order valence-corrected chi connectivity index (χ0v) is 18.1. The molecular formula is C20H41O6P. The lowest BCUT2D eigenvalue weighted by Crippen LogP contribution is -2.06. The molecule has 1 unspecified atom stereocenters. The third-order valence-electron chi connectivity index (χ3n) is 4.55. The van der Waals surface area contributed by atoms with Crippen LogP contribution in [0.2, 0.25) is 0 Å². The third-order valence-corrected chi connectivity index (χ3v) is 5.49. The minimum atomic E-state index is -4.36. The number of phosphoric acid groups is 1. The molecule has 0 aliphatic heterocycles. The van der Waals surface area contributed by atoms with Gasteiger partial charge in [-0.05, 0) is 6.42 Å². The van der Waals surface area contributed by atoms with Gasteiger partial charge in [0.15, 0.2) is 0 Å². The lowest BCUT2D eigenvalue weighted by Gasteiger charge is -2.10. The van der Waals surface area contributed by atoms with E-state index in [0.29, 0.717) is 6.42 Å². The number of phosphoric ester groups is 1. The van der Waals surface area contributed by atoms with Gasteiger partial charge in [0.05, 0.1) is 13.2 Å². The minimum Gasteiger partial charge on any atom is -0.394 e. The summed E-state index contributed by atoms with van der Waals surface area (Å²) in [7, 11) is -4.36. The first-order chi connectivity index (χ1) is 13.0. The first kappa shape index (κ1) is 26.6. The fourth-order valence-electron chi connectivity index (χ4n) is 3.00. The molecule has 0 amide bonds. The number of aliphatic hydroxyl groups excluding tert-OH is 1. The SMILES string of the molecule is CCCCCCCCCCCCCCCCCC(=O)OP(=O)(O)OCCO. The summed E-state index contributed by atoms with van der Waals surface area (Å²) in [6.45, 7) is 1.52. The normalized spacial score (nSPS) is 13.4. The number of unbranched alkanes of at least 4 members (excludes halogenated alkanes) is 14. The standard InChI is InChI=1S/C20H41O6P/c1-2-3-4-5-6-7-8-9-10-11-12-13-14-15-16-17-20(22)26-27(23,24)25-19-18-21/h21H,2-19H2,1H3,(H,23,24). The van der Waals surface area contributed by atoms with Crippen LogP contribution in [0.15, 0.2) is 0 Å². The Hall–Kier alpha value is -0.420. The lowest BCUT2D eigenvalue weighted by atomic mass is 10.0. The summed E-state index contributed by atoms with van der Waals surface area (Å²) in [6.07, 6.45) is 18.7. The van der Waals surface area contributed by atoms with Crippen LogP contribution < -0.4 is 0 Å². The van der Waals surface area contributed by atoms with Crippen LogP contribution in [-0.2, 0) is 18.4 Å². The molecule has 6 nitrogen and oxygen atoms in total. The van der Waals surface area contributed by atoms with Crippen molar-refractivity contribution < 1.29 is 28.4 Å². The Labute approximate surface area is 165 Å². The zero-order chi connectivity index (χ0) is 20.2. The van der Waals surface area contributed by atoms with Crippen LogP contribution in [0.5, 0.6) is 0 Å². The molecular weight excluding hydrogens is 367 g/mol. The van der Waals surface area contributed by atoms with Crippen molar-refractivity contribution >= 4 is 13.8 Å². The van der Waals surface area contributed by atoms with E-state index in [1.54, 1.807) is 0 Å². The van der Waals surface area contributed by atoms with Crippen molar-refractivity contribution in [3.05, 3.63) is 0 Å². The molecule has 7 heteroatoms. The van der Waals surface area contributed by atoms with E-state index in [4.69, 9.17) is 5.11 Å². The fraction of sp³-hybridized carbons (Fsp3) is 0.950. The van der Waals surface area contributed by atoms with Crippen LogP contribution in [0.1, 0.15) is 110 Å². The molecule has 0 saturated carbocycles. The second kappa shape index (κ2) is 18.9. The van der Waals surface area contributed by atoms with E-state index in [0.717, 1.165) is 12.8 Å². The van der Waals surface area contributed by atoms with Gasteiger partial charge in [0.25, 0.3) is 0 Å². The van der Waals surface area contributed by atoms with Crippen molar-refractivity contribution in [1.29, 1.82) is 0 Å². The van der Waals surface area contributed by atoms with Crippen molar-refractivity contribution in [2.45, 2.75) is 110 Å². The van der Waals surface area contributed by atoms with E-state index >= 15 is 0 Å². The van der Waals surface area contributed by atoms with Gasteiger partial charge in [-0.3, -0.25) is 14.2 Å². The molecule has 0 aliphatic rings. The smallest absolute Gasteiger partial charge is 0.394 e. The molecule has 0 aliphatic carbocycles. The average Bonchev–Trinajstić information content (AvgIpc) is 2.63. The van der Waals surface area contributed by atoms with Crippen LogP contribution in [0.25, 0.3) is 0 Å². The van der Waals surface area contributed by atoms with E-state index in [1.165, 1.54) is 77.0 Å². The highest BCUT2D eigenvalue weighted by Gasteiger charge is 2.25. The van der Waals surface area contributed by atoms with Gasteiger partial charge >= 0.3 is 13.8 Å². The predicted octanol–water partition coefficient (Wildman–Crippen LogP) is 5.90. The van der Waals surface area contributed by atoms with Crippen molar-refractivity contribution in [2.24, 2.45) is 0 Å². The van der Waals surface area contributed by atoms with Gasteiger partial charge in [-0.25, -0.2) is 4.57 Å². The zero-order valence-electron chi connectivity index (χ0n) is 17.2. The highest BCUT2D eigenvalue weighted by molar-refractivity contribution is 7.48. The second-order valence-electron chi connectivity index (χ2n) is 7.19. The molecule has 0 aromatic heterocycles. The molecule has 0 rings (SSSR count). The maximum Gasteiger partial charge on any atom is 0.529 e. The molecule has 0 spiro atoms. The molecule has 0 saturated heterocycles. The van der Waals surface area contributed by atoms with Gasteiger partial charge in [-0.1, -0.05) is 96.8 Å². The number of carbonyl (C=O) groups excluding carboxylic acids is 1. The number of hydrogen-bond acceptors (Lipinski definition) is 5. The summed E-state index contributed by atoms with van der Waals surface area (Å²) in [5, 5.41) is 8.52. The molecule has 162 valence electrons. The summed E-state index contributed by atoms with van der Waals surface area (Å²) >= 11 is 0. The Bertz CT molecular complexity index is 389. The highest BCUT2D eigenvalue weighted by Crippen LogP contribution is 2.43. The average molecular weight is 409 g/mol. The Morgan fingerprint density at radius 3 is 1.59 bits per heavy atom. The number of rotatable bonds is 20. The molecule has 0 heterocycles. The Kier molecular flexibility index (Phi) is 18.6. The van der Waals surface area contributed by atoms with E-state index in [-0.39, 0.29) is 13.0 Å². The largest absolute Gasteiger partial charge is 0.529 e. The molecule has 27 heavy (non-hydrogen) atoms. The van der Waals surface area contributed by atoms with Crippen molar-refractivity contribution in [3.8, 4) is 0 Å². The Balaban J connectivity index is 3.31. The summed E-state index contributed by atoms with van der Waals surface area (Å²) in [4.78, 5) is 20.7. The van der Waals surface area contributed by atoms with Crippen LogP contribution in [0.3, 0.4) is 0 Å². The van der Waals surface area contributed by atoms with Gasteiger partial charge in [-0.2, -0.15) is 0 Å². The monoisotopic (exact) mass is 408 g/mol. The third kappa shape index (κ3) is 20.1.